The number of ether oxygens (including phenoxy) is 2. The number of aromatic hydroxyl groups is 1. The van der Waals surface area contributed by atoms with Crippen LogP contribution in [-0.4, -0.2) is 18.3 Å². The van der Waals surface area contributed by atoms with Gasteiger partial charge in [-0.1, -0.05) is 36.3 Å². The second kappa shape index (κ2) is 11.9. The zero-order valence-corrected chi connectivity index (χ0v) is 18.4. The molecule has 0 bridgehead atoms. The first-order valence-electron chi connectivity index (χ1n) is 10.4. The summed E-state index contributed by atoms with van der Waals surface area (Å²) in [4.78, 5) is 12.3. The van der Waals surface area contributed by atoms with Crippen molar-refractivity contribution in [1.82, 2.24) is 0 Å². The van der Waals surface area contributed by atoms with E-state index in [2.05, 4.69) is 39.0 Å². The largest absolute Gasteiger partial charge is 0.504 e. The second-order valence-corrected chi connectivity index (χ2v) is 7.42. The lowest BCUT2D eigenvalue weighted by molar-refractivity contribution is 0.315. The number of hydrogen-bond donors (Lipinski definition) is 1. The van der Waals surface area contributed by atoms with Gasteiger partial charge in [0.05, 0.1) is 12.0 Å². The van der Waals surface area contributed by atoms with E-state index in [1.54, 1.807) is 18.2 Å². The van der Waals surface area contributed by atoms with Crippen LogP contribution < -0.4 is 15.1 Å². The molecule has 1 N–H and O–H groups in total. The molecule has 0 saturated carbocycles. The van der Waals surface area contributed by atoms with Crippen molar-refractivity contribution in [2.75, 3.05) is 13.2 Å². The van der Waals surface area contributed by atoms with Crippen LogP contribution in [0.4, 0.5) is 0 Å². The lowest BCUT2D eigenvalue weighted by atomic mass is 10.1. The highest BCUT2D eigenvalue weighted by Crippen LogP contribution is 2.33. The van der Waals surface area contributed by atoms with E-state index < -0.39 is 5.63 Å². The Labute approximate surface area is 178 Å². The summed E-state index contributed by atoms with van der Waals surface area (Å²) in [6.07, 6.45) is 11.9. The predicted octanol–water partition coefficient (Wildman–Crippen LogP) is 6.31. The minimum atomic E-state index is -0.710. The van der Waals surface area contributed by atoms with E-state index >= 15 is 0 Å². The summed E-state index contributed by atoms with van der Waals surface area (Å²) in [5.41, 5.74) is 2.01. The lowest BCUT2D eigenvalue weighted by Crippen LogP contribution is -2.08. The van der Waals surface area contributed by atoms with E-state index in [9.17, 15) is 9.90 Å². The smallest absolute Gasteiger partial charge is 0.383 e. The van der Waals surface area contributed by atoms with Crippen LogP contribution in [0.2, 0.25) is 0 Å². The molecule has 0 amide bonds. The molecule has 1 aromatic heterocycles. The summed E-state index contributed by atoms with van der Waals surface area (Å²) in [5, 5.41) is 10.9. The van der Waals surface area contributed by atoms with Crippen LogP contribution in [0.25, 0.3) is 11.0 Å². The fourth-order valence-corrected chi connectivity index (χ4v) is 2.85. The van der Waals surface area contributed by atoms with Gasteiger partial charge < -0.3 is 19.0 Å². The molecule has 0 aliphatic carbocycles. The molecular weight excluding hydrogens is 380 g/mol. The normalized spacial score (nSPS) is 11.8. The molecule has 0 saturated heterocycles. The molecule has 5 heteroatoms. The van der Waals surface area contributed by atoms with Crippen LogP contribution in [0, 0.1) is 0 Å². The summed E-state index contributed by atoms with van der Waals surface area (Å²) >= 11 is 0. The number of fused-ring (bicyclic) bond motifs is 1. The van der Waals surface area contributed by atoms with Crippen LogP contribution in [-0.2, 0) is 0 Å². The first-order valence-corrected chi connectivity index (χ1v) is 10.4. The lowest BCUT2D eigenvalue weighted by Gasteiger charge is -2.09. The first-order chi connectivity index (χ1) is 14.4. The molecule has 0 spiro atoms. The van der Waals surface area contributed by atoms with Gasteiger partial charge in [-0.3, -0.25) is 0 Å². The Morgan fingerprint density at radius 1 is 1.10 bits per heavy atom. The first kappa shape index (κ1) is 23.3. The van der Waals surface area contributed by atoms with Crippen LogP contribution in [0.5, 0.6) is 17.2 Å². The zero-order valence-electron chi connectivity index (χ0n) is 18.4. The summed E-state index contributed by atoms with van der Waals surface area (Å²) in [6.45, 7) is 8.96. The predicted molar refractivity (Wildman–Crippen MR) is 122 cm³/mol. The van der Waals surface area contributed by atoms with Crippen LogP contribution >= 0.6 is 0 Å². The third-order valence-electron chi connectivity index (χ3n) is 4.52. The molecule has 0 unspecified atom stereocenters. The molecule has 0 fully saturated rings. The van der Waals surface area contributed by atoms with Crippen molar-refractivity contribution in [3.63, 3.8) is 0 Å². The van der Waals surface area contributed by atoms with Crippen LogP contribution in [0.1, 0.15) is 53.4 Å². The van der Waals surface area contributed by atoms with E-state index in [0.717, 1.165) is 31.3 Å². The summed E-state index contributed by atoms with van der Waals surface area (Å²) in [5.74, 6) is 0.196. The van der Waals surface area contributed by atoms with Gasteiger partial charge in [0.2, 0.25) is 5.75 Å². The van der Waals surface area contributed by atoms with Gasteiger partial charge in [0.15, 0.2) is 5.75 Å². The molecule has 0 aliphatic rings. The summed E-state index contributed by atoms with van der Waals surface area (Å²) in [6, 6.07) is 5.01. The van der Waals surface area contributed by atoms with Crippen LogP contribution in [0.3, 0.4) is 0 Å². The maximum atomic E-state index is 12.3. The fourth-order valence-electron chi connectivity index (χ4n) is 2.85. The number of allylic oxidation sites excluding steroid dienone is 4. The Kier molecular flexibility index (Phi) is 9.26. The molecule has 1 heterocycles. The van der Waals surface area contributed by atoms with Gasteiger partial charge >= 0.3 is 5.63 Å². The van der Waals surface area contributed by atoms with E-state index in [1.165, 1.54) is 5.57 Å². The second-order valence-electron chi connectivity index (χ2n) is 7.42. The van der Waals surface area contributed by atoms with Crippen molar-refractivity contribution in [1.29, 1.82) is 0 Å². The van der Waals surface area contributed by atoms with Crippen LogP contribution in [0.15, 0.2) is 62.9 Å². The molecule has 1 aromatic carbocycles. The summed E-state index contributed by atoms with van der Waals surface area (Å²) in [7, 11) is 0. The van der Waals surface area contributed by atoms with Crippen molar-refractivity contribution in [2.45, 2.75) is 53.4 Å². The number of rotatable bonds is 11. The Morgan fingerprint density at radius 3 is 2.63 bits per heavy atom. The fraction of sp³-hybridized carbons (Fsp3) is 0.400. The average molecular weight is 413 g/mol. The van der Waals surface area contributed by atoms with Crippen molar-refractivity contribution in [3.05, 3.63) is 64.1 Å². The zero-order chi connectivity index (χ0) is 21.9. The van der Waals surface area contributed by atoms with Gasteiger partial charge in [-0.05, 0) is 64.7 Å². The SMILES string of the molecule is CC/C=C/CCOc1ccc2c(O)c(OC/C=C(\C)CCC=C(C)C)c(=O)oc2c1. The highest BCUT2D eigenvalue weighted by atomic mass is 16.5. The molecule has 30 heavy (non-hydrogen) atoms. The topological polar surface area (TPSA) is 68.9 Å². The highest BCUT2D eigenvalue weighted by Gasteiger charge is 2.15. The van der Waals surface area contributed by atoms with Gasteiger partial charge in [0.25, 0.3) is 0 Å². The monoisotopic (exact) mass is 412 g/mol. The van der Waals surface area contributed by atoms with Crippen molar-refractivity contribution >= 4 is 11.0 Å². The number of benzene rings is 1. The molecule has 0 atom stereocenters. The maximum absolute atomic E-state index is 12.3. The Bertz CT molecular complexity index is 975. The highest BCUT2D eigenvalue weighted by molar-refractivity contribution is 5.86. The van der Waals surface area contributed by atoms with Crippen molar-refractivity contribution in [2.24, 2.45) is 0 Å². The van der Waals surface area contributed by atoms with E-state index in [-0.39, 0.29) is 23.7 Å². The third-order valence-corrected chi connectivity index (χ3v) is 4.52. The summed E-state index contributed by atoms with van der Waals surface area (Å²) < 4.78 is 16.5. The molecule has 0 radical (unpaired) electrons. The minimum Gasteiger partial charge on any atom is -0.504 e. The Hall–Kier alpha value is -2.95. The Balaban J connectivity index is 2.06. The van der Waals surface area contributed by atoms with E-state index in [4.69, 9.17) is 13.9 Å². The van der Waals surface area contributed by atoms with E-state index in [1.807, 2.05) is 13.0 Å². The average Bonchev–Trinajstić information content (AvgIpc) is 2.70. The van der Waals surface area contributed by atoms with Crippen molar-refractivity contribution < 1.29 is 19.0 Å². The van der Waals surface area contributed by atoms with Gasteiger partial charge in [-0.25, -0.2) is 4.79 Å². The van der Waals surface area contributed by atoms with Gasteiger partial charge in [0.1, 0.15) is 17.9 Å². The molecule has 0 aliphatic heterocycles. The third kappa shape index (κ3) is 7.14. The quantitative estimate of drug-likeness (QED) is 0.266. The molecular formula is C25H32O5. The van der Waals surface area contributed by atoms with Gasteiger partial charge in [0, 0.05) is 6.07 Å². The molecule has 162 valence electrons. The van der Waals surface area contributed by atoms with E-state index in [0.29, 0.717) is 17.7 Å². The molecule has 2 aromatic rings. The minimum absolute atomic E-state index is 0.172. The maximum Gasteiger partial charge on any atom is 0.383 e. The molecule has 2 rings (SSSR count). The Morgan fingerprint density at radius 2 is 1.90 bits per heavy atom. The standard InChI is InChI=1S/C25H32O5/c1-5-6-7-8-15-28-20-12-13-21-22(17-20)30-25(27)24(23(21)26)29-16-14-19(4)11-9-10-18(2)3/h6-7,10,12-14,17,26H,5,8-9,11,15-16H2,1-4H3/b7-6+,19-14+. The van der Waals surface area contributed by atoms with Gasteiger partial charge in [-0.15, -0.1) is 0 Å². The van der Waals surface area contributed by atoms with Crippen molar-refractivity contribution in [3.8, 4) is 17.2 Å². The number of hydrogen-bond acceptors (Lipinski definition) is 5. The van der Waals surface area contributed by atoms with Gasteiger partial charge in [-0.2, -0.15) is 0 Å². The molecule has 5 nitrogen and oxygen atoms in total.